The Morgan fingerprint density at radius 2 is 2.04 bits per heavy atom. The first-order valence-electron chi connectivity index (χ1n) is 8.22. The van der Waals surface area contributed by atoms with Gasteiger partial charge in [-0.3, -0.25) is 14.0 Å². The molecule has 2 aromatic heterocycles. The van der Waals surface area contributed by atoms with Crippen LogP contribution in [0.4, 0.5) is 0 Å². The van der Waals surface area contributed by atoms with E-state index in [1.807, 2.05) is 0 Å². The number of primary amides is 1. The topological polar surface area (TPSA) is 111 Å². The molecule has 27 heavy (non-hydrogen) atoms. The molecule has 0 bridgehead atoms. The molecular formula is C18H18ClN5O3. The fourth-order valence-corrected chi connectivity index (χ4v) is 2.93. The Balaban J connectivity index is 1.76. The van der Waals surface area contributed by atoms with Crippen LogP contribution in [0.3, 0.4) is 0 Å². The predicted molar refractivity (Wildman–Crippen MR) is 100 cm³/mol. The minimum absolute atomic E-state index is 0.0484. The highest BCUT2D eigenvalue weighted by molar-refractivity contribution is 6.30. The van der Waals surface area contributed by atoms with Crippen molar-refractivity contribution in [3.8, 4) is 0 Å². The monoisotopic (exact) mass is 387 g/mol. The molecule has 0 saturated carbocycles. The van der Waals surface area contributed by atoms with Gasteiger partial charge in [-0.1, -0.05) is 29.8 Å². The van der Waals surface area contributed by atoms with Crippen molar-refractivity contribution in [3.05, 3.63) is 69.7 Å². The van der Waals surface area contributed by atoms with Crippen molar-refractivity contribution in [3.63, 3.8) is 0 Å². The summed E-state index contributed by atoms with van der Waals surface area (Å²) in [7, 11) is 0. The molecule has 0 aliphatic heterocycles. The number of aryl methyl sites for hydroxylation is 1. The quantitative estimate of drug-likeness (QED) is 0.658. The van der Waals surface area contributed by atoms with Gasteiger partial charge in [0.05, 0.1) is 6.54 Å². The van der Waals surface area contributed by atoms with Crippen molar-refractivity contribution in [2.45, 2.75) is 25.4 Å². The lowest BCUT2D eigenvalue weighted by Crippen LogP contribution is -2.53. The van der Waals surface area contributed by atoms with Crippen molar-refractivity contribution in [2.24, 2.45) is 5.73 Å². The molecule has 3 aromatic rings. The number of halogens is 1. The van der Waals surface area contributed by atoms with E-state index in [2.05, 4.69) is 10.4 Å². The number of rotatable bonds is 6. The lowest BCUT2D eigenvalue weighted by atomic mass is 9.91. The molecule has 0 fully saturated rings. The minimum Gasteiger partial charge on any atom is -0.367 e. The normalized spacial score (nSPS) is 13.3. The lowest BCUT2D eigenvalue weighted by molar-refractivity contribution is -0.131. The van der Waals surface area contributed by atoms with Crippen LogP contribution < -0.4 is 16.7 Å². The van der Waals surface area contributed by atoms with Gasteiger partial charge >= 0.3 is 5.69 Å². The van der Waals surface area contributed by atoms with E-state index in [-0.39, 0.29) is 18.7 Å². The van der Waals surface area contributed by atoms with Gasteiger partial charge in [-0.2, -0.15) is 0 Å². The Bertz CT molecular complexity index is 1070. The summed E-state index contributed by atoms with van der Waals surface area (Å²) in [5.74, 6) is -1.16. The Morgan fingerprint density at radius 3 is 2.70 bits per heavy atom. The standard InChI is InChI=1S/C18H18ClN5O3/c1-18(16(20)26,12-5-4-6-13(19)11-12)21-15(25)8-10-24-17(27)23-9-3-2-7-14(23)22-24/h2-7,9,11H,8,10H2,1H3,(H2,20,26)(H,21,25). The van der Waals surface area contributed by atoms with E-state index in [0.717, 1.165) is 0 Å². The molecule has 0 aliphatic carbocycles. The fraction of sp³-hybridized carbons (Fsp3) is 0.222. The van der Waals surface area contributed by atoms with Gasteiger partial charge in [0.15, 0.2) is 5.65 Å². The van der Waals surface area contributed by atoms with Crippen LogP contribution in [-0.4, -0.2) is 26.0 Å². The van der Waals surface area contributed by atoms with Crippen LogP contribution in [-0.2, 0) is 21.7 Å². The Morgan fingerprint density at radius 1 is 1.26 bits per heavy atom. The number of carbonyl (C=O) groups is 2. The molecule has 1 atom stereocenters. The summed E-state index contributed by atoms with van der Waals surface area (Å²) < 4.78 is 2.59. The van der Waals surface area contributed by atoms with E-state index >= 15 is 0 Å². The number of pyridine rings is 1. The van der Waals surface area contributed by atoms with Gasteiger partial charge in [0.2, 0.25) is 11.8 Å². The molecule has 8 nitrogen and oxygen atoms in total. The zero-order valence-electron chi connectivity index (χ0n) is 14.6. The van der Waals surface area contributed by atoms with Crippen LogP contribution in [0.5, 0.6) is 0 Å². The molecule has 1 aromatic carbocycles. The van der Waals surface area contributed by atoms with Gasteiger partial charge in [-0.15, -0.1) is 5.10 Å². The number of nitrogens with two attached hydrogens (primary N) is 1. The second-order valence-electron chi connectivity index (χ2n) is 6.23. The zero-order chi connectivity index (χ0) is 19.6. The van der Waals surface area contributed by atoms with Gasteiger partial charge < -0.3 is 11.1 Å². The average molecular weight is 388 g/mol. The first-order chi connectivity index (χ1) is 12.8. The molecule has 9 heteroatoms. The number of hydrogen-bond acceptors (Lipinski definition) is 4. The SMILES string of the molecule is CC(NC(=O)CCn1nc2ccccn2c1=O)(C(N)=O)c1cccc(Cl)c1. The van der Waals surface area contributed by atoms with Crippen LogP contribution in [0, 0.1) is 0 Å². The van der Waals surface area contributed by atoms with Crippen molar-refractivity contribution in [1.29, 1.82) is 0 Å². The molecule has 3 N–H and O–H groups in total. The molecule has 2 amide bonds. The Kier molecular flexibility index (Phi) is 5.00. The van der Waals surface area contributed by atoms with Crippen LogP contribution in [0.25, 0.3) is 5.65 Å². The van der Waals surface area contributed by atoms with Gasteiger partial charge in [0.1, 0.15) is 5.54 Å². The first kappa shape index (κ1) is 18.7. The van der Waals surface area contributed by atoms with Gasteiger partial charge in [0.25, 0.3) is 0 Å². The summed E-state index contributed by atoms with van der Waals surface area (Å²) in [5.41, 5.74) is 4.71. The van der Waals surface area contributed by atoms with Gasteiger partial charge in [-0.25, -0.2) is 9.48 Å². The third-order valence-electron chi connectivity index (χ3n) is 4.32. The molecule has 0 radical (unpaired) electrons. The smallest absolute Gasteiger partial charge is 0.350 e. The number of hydrogen-bond donors (Lipinski definition) is 2. The van der Waals surface area contributed by atoms with Crippen molar-refractivity contribution in [1.82, 2.24) is 19.5 Å². The third kappa shape index (κ3) is 3.70. The summed E-state index contributed by atoms with van der Waals surface area (Å²) >= 11 is 5.98. The number of nitrogens with one attached hydrogen (secondary N) is 1. The number of aromatic nitrogens is 3. The number of amides is 2. The summed E-state index contributed by atoms with van der Waals surface area (Å²) in [6.07, 6.45) is 1.55. The van der Waals surface area contributed by atoms with E-state index in [1.165, 1.54) is 16.0 Å². The molecule has 1 unspecified atom stereocenters. The lowest BCUT2D eigenvalue weighted by Gasteiger charge is -2.28. The largest absolute Gasteiger partial charge is 0.367 e. The predicted octanol–water partition coefficient (Wildman–Crippen LogP) is 1.06. The number of nitrogens with zero attached hydrogens (tertiary/aromatic N) is 3. The first-order valence-corrected chi connectivity index (χ1v) is 8.60. The van der Waals surface area contributed by atoms with Crippen LogP contribution in [0.1, 0.15) is 18.9 Å². The second-order valence-corrected chi connectivity index (χ2v) is 6.67. The summed E-state index contributed by atoms with van der Waals surface area (Å²) in [6, 6.07) is 11.7. The third-order valence-corrected chi connectivity index (χ3v) is 4.56. The van der Waals surface area contributed by atoms with E-state index < -0.39 is 17.4 Å². The maximum atomic E-state index is 12.4. The highest BCUT2D eigenvalue weighted by Gasteiger charge is 2.35. The maximum Gasteiger partial charge on any atom is 0.350 e. The second kappa shape index (κ2) is 7.24. The number of benzene rings is 1. The number of carbonyl (C=O) groups excluding carboxylic acids is 2. The molecular weight excluding hydrogens is 370 g/mol. The van der Waals surface area contributed by atoms with E-state index in [1.54, 1.807) is 48.7 Å². The highest BCUT2D eigenvalue weighted by Crippen LogP contribution is 2.23. The van der Waals surface area contributed by atoms with Gasteiger partial charge in [-0.05, 0) is 36.8 Å². The summed E-state index contributed by atoms with van der Waals surface area (Å²) in [4.78, 5) is 36.7. The van der Waals surface area contributed by atoms with Crippen LogP contribution in [0.15, 0.2) is 53.5 Å². The highest BCUT2D eigenvalue weighted by atomic mass is 35.5. The zero-order valence-corrected chi connectivity index (χ0v) is 15.3. The van der Waals surface area contributed by atoms with Crippen LogP contribution >= 0.6 is 11.6 Å². The van der Waals surface area contributed by atoms with Crippen molar-refractivity contribution >= 4 is 29.1 Å². The Labute approximate surface area is 159 Å². The Hall–Kier alpha value is -3.13. The average Bonchev–Trinajstić information content (AvgIpc) is 2.96. The number of fused-ring (bicyclic) bond motifs is 1. The van der Waals surface area contributed by atoms with Crippen molar-refractivity contribution in [2.75, 3.05) is 0 Å². The summed E-state index contributed by atoms with van der Waals surface area (Å²) in [5, 5.41) is 7.22. The molecule has 0 aliphatic rings. The molecule has 3 rings (SSSR count). The minimum atomic E-state index is -1.42. The molecule has 2 heterocycles. The molecule has 0 spiro atoms. The molecule has 0 saturated heterocycles. The van der Waals surface area contributed by atoms with E-state index in [4.69, 9.17) is 17.3 Å². The van der Waals surface area contributed by atoms with E-state index in [0.29, 0.717) is 16.2 Å². The van der Waals surface area contributed by atoms with Crippen LogP contribution in [0.2, 0.25) is 5.02 Å². The van der Waals surface area contributed by atoms with E-state index in [9.17, 15) is 14.4 Å². The molecule has 140 valence electrons. The fourth-order valence-electron chi connectivity index (χ4n) is 2.74. The maximum absolute atomic E-state index is 12.4. The summed E-state index contributed by atoms with van der Waals surface area (Å²) in [6.45, 7) is 1.58. The van der Waals surface area contributed by atoms with Gasteiger partial charge in [0, 0.05) is 17.6 Å². The van der Waals surface area contributed by atoms with Crippen molar-refractivity contribution < 1.29 is 9.59 Å².